The Hall–Kier alpha value is -4.95. The highest BCUT2D eigenvalue weighted by molar-refractivity contribution is 6.04. The van der Waals surface area contributed by atoms with E-state index in [9.17, 15) is 9.59 Å². The molecule has 2 atom stereocenters. The van der Waals surface area contributed by atoms with Crippen molar-refractivity contribution in [1.82, 2.24) is 25.4 Å². The van der Waals surface area contributed by atoms with Crippen LogP contribution in [0.3, 0.4) is 0 Å². The lowest BCUT2D eigenvalue weighted by atomic mass is 9.92. The van der Waals surface area contributed by atoms with Crippen LogP contribution in [0.4, 0.5) is 0 Å². The fourth-order valence-electron chi connectivity index (χ4n) is 5.51. The van der Waals surface area contributed by atoms with Crippen molar-refractivity contribution in [2.45, 2.75) is 32.0 Å². The van der Waals surface area contributed by atoms with Crippen LogP contribution < -0.4 is 5.32 Å². The van der Waals surface area contributed by atoms with E-state index >= 15 is 0 Å². The monoisotopic (exact) mass is 556 g/mol. The number of carbonyl (C=O) groups is 2. The molecule has 2 aromatic heterocycles. The molecule has 1 fully saturated rings. The van der Waals surface area contributed by atoms with Gasteiger partial charge in [0.2, 0.25) is 5.91 Å². The summed E-state index contributed by atoms with van der Waals surface area (Å²) in [6.45, 7) is 1.79. The van der Waals surface area contributed by atoms with Crippen molar-refractivity contribution in [3.05, 3.63) is 120 Å². The molecule has 0 saturated carbocycles. The summed E-state index contributed by atoms with van der Waals surface area (Å²) in [7, 11) is 0. The third kappa shape index (κ3) is 6.34. The van der Waals surface area contributed by atoms with Crippen LogP contribution in [0.1, 0.15) is 34.3 Å². The first-order chi connectivity index (χ1) is 20.6. The third-order valence-electron chi connectivity index (χ3n) is 7.73. The Morgan fingerprint density at radius 3 is 2.43 bits per heavy atom. The van der Waals surface area contributed by atoms with Gasteiger partial charge in [0.1, 0.15) is 5.69 Å². The van der Waals surface area contributed by atoms with Crippen molar-refractivity contribution in [3.63, 3.8) is 0 Å². The van der Waals surface area contributed by atoms with Gasteiger partial charge >= 0.3 is 0 Å². The number of pyridine rings is 1. The molecule has 1 unspecified atom stereocenters. The van der Waals surface area contributed by atoms with Crippen LogP contribution in [-0.4, -0.2) is 50.7 Å². The highest BCUT2D eigenvalue weighted by atomic mass is 16.2. The molecular formula is C34H32N6O2. The van der Waals surface area contributed by atoms with E-state index in [2.05, 4.69) is 42.5 Å². The Labute approximate surface area is 244 Å². The van der Waals surface area contributed by atoms with Crippen molar-refractivity contribution in [1.29, 1.82) is 0 Å². The Bertz CT molecular complexity index is 1690. The normalized spacial score (nSPS) is 17.4. The number of aliphatic imine (C=N–C) groups is 1. The van der Waals surface area contributed by atoms with Gasteiger partial charge in [-0.25, -0.2) is 4.99 Å². The maximum absolute atomic E-state index is 13.3. The number of nitrogens with one attached hydrogen (secondary N) is 2. The lowest BCUT2D eigenvalue weighted by molar-refractivity contribution is -0.128. The Kier molecular flexibility index (Phi) is 8.23. The molecule has 0 radical (unpaired) electrons. The fraction of sp³-hybridized carbons (Fsp3) is 0.206. The molecule has 8 nitrogen and oxygen atoms in total. The van der Waals surface area contributed by atoms with E-state index in [0.29, 0.717) is 31.6 Å². The summed E-state index contributed by atoms with van der Waals surface area (Å²) in [5, 5.41) is 11.5. The molecule has 0 bridgehead atoms. The zero-order valence-corrected chi connectivity index (χ0v) is 23.2. The number of aromatic nitrogens is 3. The average molecular weight is 557 g/mol. The lowest BCUT2D eigenvalue weighted by Crippen LogP contribution is -2.51. The molecule has 0 aliphatic carbocycles. The van der Waals surface area contributed by atoms with E-state index in [1.54, 1.807) is 24.7 Å². The summed E-state index contributed by atoms with van der Waals surface area (Å²) in [4.78, 5) is 37.1. The molecular weight excluding hydrogens is 524 g/mol. The summed E-state index contributed by atoms with van der Waals surface area (Å²) in [6, 6.07) is 29.1. The van der Waals surface area contributed by atoms with E-state index in [1.165, 1.54) is 0 Å². The summed E-state index contributed by atoms with van der Waals surface area (Å²) < 4.78 is 0. The van der Waals surface area contributed by atoms with Gasteiger partial charge in [0.25, 0.3) is 5.91 Å². The molecule has 2 amide bonds. The van der Waals surface area contributed by atoms with Crippen molar-refractivity contribution in [2.24, 2.45) is 10.9 Å². The highest BCUT2D eigenvalue weighted by Gasteiger charge is 2.32. The van der Waals surface area contributed by atoms with Crippen LogP contribution in [0.25, 0.3) is 22.2 Å². The number of amides is 2. The number of hydrogen-bond donors (Lipinski definition) is 2. The first kappa shape index (κ1) is 27.2. The quantitative estimate of drug-likeness (QED) is 0.248. The number of carbonyl (C=O) groups excluding carboxylic acids is 2. The molecule has 1 aliphatic rings. The molecule has 42 heavy (non-hydrogen) atoms. The number of H-pyrrole nitrogens is 1. The minimum absolute atomic E-state index is 0.0275. The Morgan fingerprint density at radius 1 is 0.929 bits per heavy atom. The maximum atomic E-state index is 13.3. The maximum Gasteiger partial charge on any atom is 0.276 e. The van der Waals surface area contributed by atoms with Crippen LogP contribution in [0.5, 0.6) is 0 Å². The van der Waals surface area contributed by atoms with Crippen LogP contribution in [0.2, 0.25) is 0 Å². The molecule has 210 valence electrons. The number of hydrogen-bond acceptors (Lipinski definition) is 5. The second kappa shape index (κ2) is 12.7. The van der Waals surface area contributed by atoms with E-state index in [-0.39, 0.29) is 23.8 Å². The standard InChI is InChI=1S/C34H32N6O2/c41-33(28-12-13-30-29(19-28)32(39-38-30)27-15-17-35-18-16-27)36-21-26-11-14-31(34(42)37-20-24-7-3-1-4-8-24)40(23-26)22-25-9-5-2-6-10-25/h1-10,12-13,15-19,21,26,31H,11,14,20,22-23H2,(H,37,42)(H,38,39)/t26?,31-/m0/s1. The van der Waals surface area contributed by atoms with Crippen LogP contribution in [0.15, 0.2) is 108 Å². The molecule has 8 heteroatoms. The minimum Gasteiger partial charge on any atom is -0.351 e. The largest absolute Gasteiger partial charge is 0.351 e. The van der Waals surface area contributed by atoms with Gasteiger partial charge in [0.15, 0.2) is 0 Å². The zero-order valence-electron chi connectivity index (χ0n) is 23.2. The number of benzene rings is 3. The molecule has 1 aliphatic heterocycles. The number of fused-ring (bicyclic) bond motifs is 1. The third-order valence-corrected chi connectivity index (χ3v) is 7.73. The van der Waals surface area contributed by atoms with Crippen molar-refractivity contribution < 1.29 is 9.59 Å². The van der Waals surface area contributed by atoms with E-state index in [0.717, 1.165) is 39.7 Å². The van der Waals surface area contributed by atoms with Gasteiger partial charge in [0, 0.05) is 60.7 Å². The highest BCUT2D eigenvalue weighted by Crippen LogP contribution is 2.27. The van der Waals surface area contributed by atoms with Gasteiger partial charge in [-0.2, -0.15) is 5.10 Å². The molecule has 5 aromatic rings. The number of nitrogens with zero attached hydrogens (tertiary/aromatic N) is 4. The second-order valence-corrected chi connectivity index (χ2v) is 10.6. The lowest BCUT2D eigenvalue weighted by Gasteiger charge is -2.37. The molecule has 0 spiro atoms. The van der Waals surface area contributed by atoms with E-state index in [4.69, 9.17) is 0 Å². The average Bonchev–Trinajstić information content (AvgIpc) is 3.47. The van der Waals surface area contributed by atoms with E-state index in [1.807, 2.05) is 72.8 Å². The number of likely N-dealkylation sites (tertiary alicyclic amines) is 1. The first-order valence-electron chi connectivity index (χ1n) is 14.2. The fourth-order valence-corrected chi connectivity index (χ4v) is 5.51. The van der Waals surface area contributed by atoms with Gasteiger partial charge in [-0.15, -0.1) is 0 Å². The van der Waals surface area contributed by atoms with Crippen molar-refractivity contribution in [2.75, 3.05) is 6.54 Å². The number of rotatable bonds is 8. The smallest absolute Gasteiger partial charge is 0.276 e. The molecule has 6 rings (SSSR count). The van der Waals surface area contributed by atoms with Gasteiger partial charge in [-0.3, -0.25) is 24.6 Å². The van der Waals surface area contributed by atoms with Crippen LogP contribution in [0, 0.1) is 5.92 Å². The topological polar surface area (TPSA) is 103 Å². The second-order valence-electron chi connectivity index (χ2n) is 10.6. The molecule has 3 heterocycles. The number of aromatic amines is 1. The zero-order chi connectivity index (χ0) is 28.7. The summed E-state index contributed by atoms with van der Waals surface area (Å²) in [6.07, 6.45) is 6.67. The summed E-state index contributed by atoms with van der Waals surface area (Å²) in [5.41, 5.74) is 5.26. The summed E-state index contributed by atoms with van der Waals surface area (Å²) >= 11 is 0. The van der Waals surface area contributed by atoms with Gasteiger partial charge in [-0.1, -0.05) is 60.7 Å². The Morgan fingerprint density at radius 2 is 1.67 bits per heavy atom. The number of piperidine rings is 1. The predicted molar refractivity (Wildman–Crippen MR) is 164 cm³/mol. The van der Waals surface area contributed by atoms with E-state index < -0.39 is 0 Å². The minimum atomic E-state index is -0.295. The molecule has 2 N–H and O–H groups in total. The van der Waals surface area contributed by atoms with Crippen molar-refractivity contribution in [3.8, 4) is 11.3 Å². The molecule has 3 aromatic carbocycles. The SMILES string of the molecule is O=C(N=CC1CC[C@@H](C(=O)NCc2ccccc2)N(Cc2ccccc2)C1)c1ccc2[nH]nc(-c3ccncc3)c2c1. The van der Waals surface area contributed by atoms with Gasteiger partial charge in [-0.05, 0) is 54.3 Å². The van der Waals surface area contributed by atoms with Crippen molar-refractivity contribution >= 4 is 28.9 Å². The first-order valence-corrected chi connectivity index (χ1v) is 14.2. The van der Waals surface area contributed by atoms with Gasteiger partial charge < -0.3 is 5.32 Å². The summed E-state index contributed by atoms with van der Waals surface area (Å²) in [5.74, 6) is -0.211. The Balaban J connectivity index is 1.15. The molecule has 1 saturated heterocycles. The van der Waals surface area contributed by atoms with Crippen LogP contribution in [-0.2, 0) is 17.9 Å². The van der Waals surface area contributed by atoms with Gasteiger partial charge in [0.05, 0.1) is 11.6 Å². The van der Waals surface area contributed by atoms with Crippen LogP contribution >= 0.6 is 0 Å². The predicted octanol–water partition coefficient (Wildman–Crippen LogP) is 5.43.